The Morgan fingerprint density at radius 2 is 2.17 bits per heavy atom. The fraction of sp³-hybridized carbons (Fsp3) is 0.429. The van der Waals surface area contributed by atoms with Gasteiger partial charge in [0, 0.05) is 6.20 Å². The molecule has 1 atom stereocenters. The van der Waals surface area contributed by atoms with Gasteiger partial charge in [0.1, 0.15) is 0 Å². The molecule has 2 heterocycles. The summed E-state index contributed by atoms with van der Waals surface area (Å²) in [4.78, 5) is 0. The molecule has 0 saturated heterocycles. The van der Waals surface area contributed by atoms with Crippen molar-refractivity contribution in [3.63, 3.8) is 0 Å². The molecular formula is C14H18N4. The topological polar surface area (TPSA) is 42.2 Å². The molecule has 0 bridgehead atoms. The minimum Gasteiger partial charge on any atom is -0.296 e. The summed E-state index contributed by atoms with van der Waals surface area (Å²) >= 11 is 0. The SMILES string of the molecule is CC#CCNC(c1nnc2ccccn12)C(C)C. The van der Waals surface area contributed by atoms with Crippen molar-refractivity contribution in [3.05, 3.63) is 30.2 Å². The van der Waals surface area contributed by atoms with E-state index in [4.69, 9.17) is 0 Å². The highest BCUT2D eigenvalue weighted by Gasteiger charge is 2.20. The average molecular weight is 242 g/mol. The van der Waals surface area contributed by atoms with Gasteiger partial charge in [0.05, 0.1) is 12.6 Å². The van der Waals surface area contributed by atoms with Gasteiger partial charge in [0.25, 0.3) is 0 Å². The van der Waals surface area contributed by atoms with E-state index in [1.54, 1.807) is 0 Å². The van der Waals surface area contributed by atoms with E-state index in [-0.39, 0.29) is 6.04 Å². The summed E-state index contributed by atoms with van der Waals surface area (Å²) in [5.74, 6) is 7.28. The Bertz CT molecular complexity index is 574. The third-order valence-electron chi connectivity index (χ3n) is 2.87. The van der Waals surface area contributed by atoms with Crippen molar-refractivity contribution in [1.29, 1.82) is 0 Å². The molecule has 0 amide bonds. The first-order chi connectivity index (χ1) is 8.74. The summed E-state index contributed by atoms with van der Waals surface area (Å²) in [5, 5.41) is 11.9. The van der Waals surface area contributed by atoms with Crippen molar-refractivity contribution in [3.8, 4) is 11.8 Å². The van der Waals surface area contributed by atoms with Crippen LogP contribution in [0.4, 0.5) is 0 Å². The monoisotopic (exact) mass is 242 g/mol. The van der Waals surface area contributed by atoms with Crippen molar-refractivity contribution < 1.29 is 0 Å². The van der Waals surface area contributed by atoms with Crippen molar-refractivity contribution in [2.75, 3.05) is 6.54 Å². The second kappa shape index (κ2) is 5.65. The lowest BCUT2D eigenvalue weighted by Crippen LogP contribution is -2.28. The van der Waals surface area contributed by atoms with Gasteiger partial charge in [-0.2, -0.15) is 0 Å². The maximum atomic E-state index is 4.30. The van der Waals surface area contributed by atoms with Crippen LogP contribution >= 0.6 is 0 Å². The minimum absolute atomic E-state index is 0.156. The smallest absolute Gasteiger partial charge is 0.160 e. The molecule has 0 spiro atoms. The molecular weight excluding hydrogens is 224 g/mol. The van der Waals surface area contributed by atoms with Crippen molar-refractivity contribution >= 4 is 5.65 Å². The molecule has 4 nitrogen and oxygen atoms in total. The highest BCUT2D eigenvalue weighted by atomic mass is 15.3. The highest BCUT2D eigenvalue weighted by molar-refractivity contribution is 5.37. The molecule has 0 radical (unpaired) electrons. The summed E-state index contributed by atoms with van der Waals surface area (Å²) in [6.07, 6.45) is 1.99. The van der Waals surface area contributed by atoms with E-state index in [1.165, 1.54) is 0 Å². The number of hydrogen-bond acceptors (Lipinski definition) is 3. The Labute approximate surface area is 107 Å². The number of nitrogens with zero attached hydrogens (tertiary/aromatic N) is 3. The van der Waals surface area contributed by atoms with Crippen molar-refractivity contribution in [2.45, 2.75) is 26.8 Å². The van der Waals surface area contributed by atoms with Crippen molar-refractivity contribution in [2.24, 2.45) is 5.92 Å². The Hall–Kier alpha value is -1.86. The summed E-state index contributed by atoms with van der Waals surface area (Å²) in [6.45, 7) is 6.85. The molecule has 2 aromatic heterocycles. The maximum absolute atomic E-state index is 4.30. The van der Waals surface area contributed by atoms with Crippen LogP contribution in [0.3, 0.4) is 0 Å². The fourth-order valence-corrected chi connectivity index (χ4v) is 1.95. The van der Waals surface area contributed by atoms with Crippen LogP contribution in [0.1, 0.15) is 32.6 Å². The number of fused-ring (bicyclic) bond motifs is 1. The van der Waals surface area contributed by atoms with E-state index in [2.05, 4.69) is 41.2 Å². The molecule has 1 unspecified atom stereocenters. The standard InChI is InChI=1S/C14H18N4/c1-4-5-9-15-13(11(2)3)14-17-16-12-8-6-7-10-18(12)14/h6-8,10-11,13,15H,9H2,1-3H3. The van der Waals surface area contributed by atoms with Gasteiger partial charge in [-0.25, -0.2) is 0 Å². The second-order valence-corrected chi connectivity index (χ2v) is 4.52. The van der Waals surface area contributed by atoms with Gasteiger partial charge in [-0.3, -0.25) is 9.72 Å². The normalized spacial score (nSPS) is 12.4. The molecule has 0 saturated carbocycles. The van der Waals surface area contributed by atoms with Crippen LogP contribution in [0.15, 0.2) is 24.4 Å². The molecule has 0 aliphatic rings. The van der Waals surface area contributed by atoms with Crippen LogP contribution in [-0.2, 0) is 0 Å². The van der Waals surface area contributed by atoms with Crippen molar-refractivity contribution in [1.82, 2.24) is 19.9 Å². The Morgan fingerprint density at radius 1 is 1.33 bits per heavy atom. The number of nitrogens with one attached hydrogen (secondary N) is 1. The first-order valence-corrected chi connectivity index (χ1v) is 6.16. The average Bonchev–Trinajstić information content (AvgIpc) is 2.78. The number of rotatable bonds is 4. The van der Waals surface area contributed by atoms with E-state index in [9.17, 15) is 0 Å². The van der Waals surface area contributed by atoms with Crippen LogP contribution in [0, 0.1) is 17.8 Å². The zero-order chi connectivity index (χ0) is 13.0. The first kappa shape index (κ1) is 12.6. The molecule has 0 aliphatic carbocycles. The lowest BCUT2D eigenvalue weighted by molar-refractivity contribution is 0.409. The molecule has 2 aromatic rings. The molecule has 2 rings (SSSR count). The summed E-state index contributed by atoms with van der Waals surface area (Å²) in [5.41, 5.74) is 0.876. The van der Waals surface area contributed by atoms with Gasteiger partial charge in [0.15, 0.2) is 11.5 Å². The summed E-state index contributed by atoms with van der Waals surface area (Å²) in [6, 6.07) is 6.07. The third kappa shape index (κ3) is 2.52. The Kier molecular flexibility index (Phi) is 3.96. The van der Waals surface area contributed by atoms with E-state index in [0.29, 0.717) is 12.5 Å². The van der Waals surface area contributed by atoms with E-state index >= 15 is 0 Å². The van der Waals surface area contributed by atoms with E-state index in [0.717, 1.165) is 11.5 Å². The Balaban J connectivity index is 2.31. The third-order valence-corrected chi connectivity index (χ3v) is 2.87. The Morgan fingerprint density at radius 3 is 2.89 bits per heavy atom. The lowest BCUT2D eigenvalue weighted by Gasteiger charge is -2.19. The minimum atomic E-state index is 0.156. The van der Waals surface area contributed by atoms with Gasteiger partial charge >= 0.3 is 0 Å². The number of aromatic nitrogens is 3. The van der Waals surface area contributed by atoms with Crippen LogP contribution in [0.2, 0.25) is 0 Å². The van der Waals surface area contributed by atoms with Gasteiger partial charge in [0.2, 0.25) is 0 Å². The lowest BCUT2D eigenvalue weighted by atomic mass is 10.0. The van der Waals surface area contributed by atoms with E-state index < -0.39 is 0 Å². The van der Waals surface area contributed by atoms with Gasteiger partial charge in [-0.1, -0.05) is 25.8 Å². The molecule has 1 N–H and O–H groups in total. The van der Waals surface area contributed by atoms with Gasteiger partial charge in [-0.05, 0) is 25.0 Å². The zero-order valence-electron chi connectivity index (χ0n) is 11.0. The molecule has 0 fully saturated rings. The molecule has 4 heteroatoms. The van der Waals surface area contributed by atoms with Gasteiger partial charge < -0.3 is 0 Å². The second-order valence-electron chi connectivity index (χ2n) is 4.52. The fourth-order valence-electron chi connectivity index (χ4n) is 1.95. The zero-order valence-corrected chi connectivity index (χ0v) is 11.0. The molecule has 18 heavy (non-hydrogen) atoms. The summed E-state index contributed by atoms with van der Waals surface area (Å²) < 4.78 is 2.02. The summed E-state index contributed by atoms with van der Waals surface area (Å²) in [7, 11) is 0. The predicted molar refractivity (Wildman–Crippen MR) is 72.0 cm³/mol. The number of pyridine rings is 1. The maximum Gasteiger partial charge on any atom is 0.160 e. The van der Waals surface area contributed by atoms with E-state index in [1.807, 2.05) is 35.7 Å². The predicted octanol–water partition coefficient (Wildman–Crippen LogP) is 2.04. The largest absolute Gasteiger partial charge is 0.296 e. The van der Waals surface area contributed by atoms with Crippen LogP contribution in [0.5, 0.6) is 0 Å². The van der Waals surface area contributed by atoms with Crippen LogP contribution < -0.4 is 5.32 Å². The highest BCUT2D eigenvalue weighted by Crippen LogP contribution is 2.20. The molecule has 0 aliphatic heterocycles. The number of hydrogen-bond donors (Lipinski definition) is 1. The molecule has 94 valence electrons. The van der Waals surface area contributed by atoms with Gasteiger partial charge in [-0.15, -0.1) is 16.1 Å². The van der Waals surface area contributed by atoms with Crippen LogP contribution in [-0.4, -0.2) is 21.1 Å². The van der Waals surface area contributed by atoms with Crippen LogP contribution in [0.25, 0.3) is 5.65 Å². The molecule has 0 aromatic carbocycles. The quantitative estimate of drug-likeness (QED) is 0.834. The first-order valence-electron chi connectivity index (χ1n) is 6.16.